The second-order valence-corrected chi connectivity index (χ2v) is 9.71. The number of hydrogen-bond acceptors (Lipinski definition) is 4. The highest BCUT2D eigenvalue weighted by Crippen LogP contribution is 2.23. The normalized spacial score (nSPS) is 15.0. The Hall–Kier alpha value is -1.71. The maximum absolute atomic E-state index is 12.7. The van der Waals surface area contributed by atoms with Gasteiger partial charge in [-0.1, -0.05) is 29.6 Å². The molecule has 6 nitrogen and oxygen atoms in total. The van der Waals surface area contributed by atoms with Crippen molar-refractivity contribution in [3.8, 4) is 0 Å². The lowest BCUT2D eigenvalue weighted by Gasteiger charge is -2.25. The minimum absolute atomic E-state index is 0.0626. The number of carbonyl (C=O) groups excluding carboxylic acids is 1. The Morgan fingerprint density at radius 1 is 1.00 bits per heavy atom. The topological polar surface area (TPSA) is 78.5 Å². The maximum Gasteiger partial charge on any atom is 0.258 e. The number of sulfonamides is 1. The molecule has 0 radical (unpaired) electrons. The summed E-state index contributed by atoms with van der Waals surface area (Å²) in [6, 6.07) is 10.8. The van der Waals surface area contributed by atoms with E-state index < -0.39 is 15.9 Å². The van der Waals surface area contributed by atoms with E-state index in [4.69, 9.17) is 35.4 Å². The first-order valence-electron chi connectivity index (χ1n) is 8.95. The van der Waals surface area contributed by atoms with Crippen molar-refractivity contribution >= 4 is 62.2 Å². The zero-order chi connectivity index (χ0) is 21.0. The minimum atomic E-state index is -3.49. The van der Waals surface area contributed by atoms with Crippen LogP contribution in [0.5, 0.6) is 0 Å². The van der Waals surface area contributed by atoms with Gasteiger partial charge in [-0.2, -0.15) is 4.31 Å². The van der Waals surface area contributed by atoms with E-state index in [2.05, 4.69) is 10.6 Å². The average molecular weight is 472 g/mol. The Labute approximate surface area is 185 Å². The summed E-state index contributed by atoms with van der Waals surface area (Å²) >= 11 is 17.0. The first kappa shape index (κ1) is 22.0. The minimum Gasteiger partial charge on any atom is -0.332 e. The van der Waals surface area contributed by atoms with Crippen LogP contribution in [0.4, 0.5) is 5.69 Å². The number of benzene rings is 2. The van der Waals surface area contributed by atoms with Crippen molar-refractivity contribution in [3.05, 3.63) is 58.1 Å². The molecule has 2 N–H and O–H groups in total. The Balaban J connectivity index is 1.63. The van der Waals surface area contributed by atoms with Gasteiger partial charge in [-0.05, 0) is 67.5 Å². The van der Waals surface area contributed by atoms with Crippen LogP contribution in [0.3, 0.4) is 0 Å². The van der Waals surface area contributed by atoms with Crippen LogP contribution in [0.1, 0.15) is 29.6 Å². The molecule has 0 saturated carbocycles. The first-order valence-corrected chi connectivity index (χ1v) is 11.6. The predicted octanol–water partition coefficient (Wildman–Crippen LogP) is 4.29. The van der Waals surface area contributed by atoms with Gasteiger partial charge in [0.05, 0.1) is 15.5 Å². The van der Waals surface area contributed by atoms with Crippen molar-refractivity contribution in [2.45, 2.75) is 24.2 Å². The van der Waals surface area contributed by atoms with Crippen LogP contribution in [0.15, 0.2) is 47.4 Å². The lowest BCUT2D eigenvalue weighted by Crippen LogP contribution is -2.35. The molecule has 0 aliphatic carbocycles. The Morgan fingerprint density at radius 3 is 2.28 bits per heavy atom. The van der Waals surface area contributed by atoms with E-state index in [1.807, 2.05) is 0 Å². The van der Waals surface area contributed by atoms with Crippen LogP contribution in [0.25, 0.3) is 0 Å². The van der Waals surface area contributed by atoms with E-state index in [9.17, 15) is 13.2 Å². The van der Waals surface area contributed by atoms with E-state index in [-0.39, 0.29) is 20.6 Å². The molecule has 154 valence electrons. The Kier molecular flexibility index (Phi) is 7.13. The number of rotatable bonds is 4. The standard InChI is InChI=1S/C19H19Cl2N3O3S2/c20-13-4-9-16(17(21)12-13)18(25)23-19(28)22-14-5-7-15(8-6-14)29(26,27)24-10-2-1-3-11-24/h4-9,12H,1-3,10-11H2,(H2,22,23,25,28). The van der Waals surface area contributed by atoms with Crippen LogP contribution in [0, 0.1) is 0 Å². The van der Waals surface area contributed by atoms with E-state index in [0.29, 0.717) is 23.8 Å². The highest BCUT2D eigenvalue weighted by atomic mass is 35.5. The number of piperidine rings is 1. The Morgan fingerprint density at radius 2 is 1.66 bits per heavy atom. The van der Waals surface area contributed by atoms with Crippen molar-refractivity contribution in [2.75, 3.05) is 18.4 Å². The fourth-order valence-electron chi connectivity index (χ4n) is 2.97. The smallest absolute Gasteiger partial charge is 0.258 e. The molecule has 0 bridgehead atoms. The number of hydrogen-bond donors (Lipinski definition) is 2. The van der Waals surface area contributed by atoms with Gasteiger partial charge in [-0.15, -0.1) is 0 Å². The molecule has 2 aromatic carbocycles. The van der Waals surface area contributed by atoms with Gasteiger partial charge in [0.25, 0.3) is 5.91 Å². The summed E-state index contributed by atoms with van der Waals surface area (Å²) in [6.07, 6.45) is 2.81. The Bertz CT molecular complexity index is 1020. The van der Waals surface area contributed by atoms with Crippen molar-refractivity contribution in [3.63, 3.8) is 0 Å². The van der Waals surface area contributed by atoms with Gasteiger partial charge in [0.1, 0.15) is 0 Å². The SMILES string of the molecule is O=C(NC(=S)Nc1ccc(S(=O)(=O)N2CCCCC2)cc1)c1ccc(Cl)cc1Cl. The molecular formula is C19H19Cl2N3O3S2. The molecular weight excluding hydrogens is 453 g/mol. The third-order valence-corrected chi connectivity index (χ3v) is 7.13. The fraction of sp³-hybridized carbons (Fsp3) is 0.263. The van der Waals surface area contributed by atoms with Gasteiger partial charge in [-0.25, -0.2) is 8.42 Å². The van der Waals surface area contributed by atoms with Gasteiger partial charge >= 0.3 is 0 Å². The van der Waals surface area contributed by atoms with Crippen molar-refractivity contribution in [1.29, 1.82) is 0 Å². The number of carbonyl (C=O) groups is 1. The molecule has 1 fully saturated rings. The number of nitrogens with one attached hydrogen (secondary N) is 2. The van der Waals surface area contributed by atoms with E-state index in [1.165, 1.54) is 28.6 Å². The van der Waals surface area contributed by atoms with Crippen molar-refractivity contribution < 1.29 is 13.2 Å². The van der Waals surface area contributed by atoms with Gasteiger partial charge < -0.3 is 5.32 Å². The largest absolute Gasteiger partial charge is 0.332 e. The molecule has 29 heavy (non-hydrogen) atoms. The summed E-state index contributed by atoms with van der Waals surface area (Å²) in [5, 5.41) is 6.08. The maximum atomic E-state index is 12.7. The number of anilines is 1. The molecule has 10 heteroatoms. The van der Waals surface area contributed by atoms with Crippen LogP contribution in [-0.2, 0) is 10.0 Å². The van der Waals surface area contributed by atoms with Crippen molar-refractivity contribution in [2.24, 2.45) is 0 Å². The van der Waals surface area contributed by atoms with Gasteiger partial charge in [0, 0.05) is 23.8 Å². The molecule has 2 aromatic rings. The summed E-state index contributed by atoms with van der Waals surface area (Å²) in [5.74, 6) is -0.478. The number of nitrogens with zero attached hydrogens (tertiary/aromatic N) is 1. The lowest BCUT2D eigenvalue weighted by molar-refractivity contribution is 0.0978. The molecule has 0 atom stereocenters. The summed E-state index contributed by atoms with van der Waals surface area (Å²) in [5.41, 5.74) is 0.790. The summed E-state index contributed by atoms with van der Waals surface area (Å²) in [4.78, 5) is 12.5. The summed E-state index contributed by atoms with van der Waals surface area (Å²) in [7, 11) is -3.49. The number of halogens is 2. The highest BCUT2D eigenvalue weighted by molar-refractivity contribution is 7.89. The van der Waals surface area contributed by atoms with Crippen molar-refractivity contribution in [1.82, 2.24) is 9.62 Å². The average Bonchev–Trinajstić information content (AvgIpc) is 2.69. The van der Waals surface area contributed by atoms with Crippen LogP contribution >= 0.6 is 35.4 Å². The van der Waals surface area contributed by atoms with E-state index >= 15 is 0 Å². The second kappa shape index (κ2) is 9.40. The highest BCUT2D eigenvalue weighted by Gasteiger charge is 2.25. The fourth-order valence-corrected chi connectivity index (χ4v) is 5.19. The van der Waals surface area contributed by atoms with E-state index in [0.717, 1.165) is 19.3 Å². The molecule has 0 spiro atoms. The second-order valence-electron chi connectivity index (χ2n) is 6.52. The number of amides is 1. The molecule has 1 aliphatic rings. The monoisotopic (exact) mass is 471 g/mol. The molecule has 1 aliphatic heterocycles. The zero-order valence-corrected chi connectivity index (χ0v) is 18.5. The molecule has 1 heterocycles. The lowest BCUT2D eigenvalue weighted by atomic mass is 10.2. The molecule has 1 amide bonds. The quantitative estimate of drug-likeness (QED) is 0.649. The van der Waals surface area contributed by atoms with Gasteiger partial charge in [-0.3, -0.25) is 10.1 Å². The van der Waals surface area contributed by atoms with Crippen LogP contribution in [-0.4, -0.2) is 36.8 Å². The van der Waals surface area contributed by atoms with Crippen LogP contribution in [0.2, 0.25) is 10.0 Å². The summed E-state index contributed by atoms with van der Waals surface area (Å²) < 4.78 is 26.9. The van der Waals surface area contributed by atoms with Gasteiger partial charge in [0.2, 0.25) is 10.0 Å². The molecule has 1 saturated heterocycles. The number of thiocarbonyl (C=S) groups is 1. The van der Waals surface area contributed by atoms with Gasteiger partial charge in [0.15, 0.2) is 5.11 Å². The predicted molar refractivity (Wildman–Crippen MR) is 119 cm³/mol. The summed E-state index contributed by atoms with van der Waals surface area (Å²) in [6.45, 7) is 1.09. The first-order chi connectivity index (χ1) is 13.8. The third-order valence-electron chi connectivity index (χ3n) is 4.47. The molecule has 0 aromatic heterocycles. The molecule has 3 rings (SSSR count). The zero-order valence-electron chi connectivity index (χ0n) is 15.3. The molecule has 0 unspecified atom stereocenters. The van der Waals surface area contributed by atoms with Crippen LogP contribution < -0.4 is 10.6 Å². The van der Waals surface area contributed by atoms with E-state index in [1.54, 1.807) is 18.2 Å². The third kappa shape index (κ3) is 5.46.